The molecule has 0 bridgehead atoms. The Morgan fingerprint density at radius 3 is 3.00 bits per heavy atom. The molecular formula is C13H15FN2O2. The Bertz CT molecular complexity index is 525. The summed E-state index contributed by atoms with van der Waals surface area (Å²) in [6.07, 6.45) is 0.584. The molecule has 5 heteroatoms. The van der Waals surface area contributed by atoms with Crippen LogP contribution < -0.4 is 5.73 Å². The molecule has 1 aromatic heterocycles. The Morgan fingerprint density at radius 2 is 2.28 bits per heavy atom. The molecule has 96 valence electrons. The molecule has 1 heterocycles. The zero-order valence-electron chi connectivity index (χ0n) is 10.1. The van der Waals surface area contributed by atoms with E-state index in [2.05, 4.69) is 5.16 Å². The van der Waals surface area contributed by atoms with Crippen LogP contribution in [0.5, 0.6) is 0 Å². The summed E-state index contributed by atoms with van der Waals surface area (Å²) in [6.45, 7) is 3.10. The highest BCUT2D eigenvalue weighted by Gasteiger charge is 2.15. The van der Waals surface area contributed by atoms with Crippen molar-refractivity contribution in [3.05, 3.63) is 35.8 Å². The highest BCUT2D eigenvalue weighted by atomic mass is 19.1. The smallest absolute Gasteiger partial charge is 0.230 e. The van der Waals surface area contributed by atoms with E-state index in [9.17, 15) is 4.39 Å². The van der Waals surface area contributed by atoms with Gasteiger partial charge in [-0.1, -0.05) is 17.3 Å². The van der Waals surface area contributed by atoms with E-state index in [0.29, 0.717) is 36.5 Å². The van der Waals surface area contributed by atoms with Crippen LogP contribution in [0.3, 0.4) is 0 Å². The minimum absolute atomic E-state index is 0.201. The largest absolute Gasteiger partial charge is 0.381 e. The molecule has 0 radical (unpaired) electrons. The summed E-state index contributed by atoms with van der Waals surface area (Å²) < 4.78 is 23.4. The van der Waals surface area contributed by atoms with Crippen LogP contribution in [0.4, 0.5) is 10.3 Å². The zero-order chi connectivity index (χ0) is 13.0. The van der Waals surface area contributed by atoms with Gasteiger partial charge < -0.3 is 15.0 Å². The summed E-state index contributed by atoms with van der Waals surface area (Å²) in [5.74, 6) is -0.115. The summed E-state index contributed by atoms with van der Waals surface area (Å²) in [4.78, 5) is 0. The first-order valence-corrected chi connectivity index (χ1v) is 5.80. The number of hydrogen-bond acceptors (Lipinski definition) is 4. The molecule has 2 N–H and O–H groups in total. The number of anilines is 1. The van der Waals surface area contributed by atoms with E-state index in [0.717, 1.165) is 0 Å². The first-order chi connectivity index (χ1) is 8.72. The minimum atomic E-state index is -0.316. The summed E-state index contributed by atoms with van der Waals surface area (Å²) in [5.41, 5.74) is 7.74. The Balaban J connectivity index is 2.29. The van der Waals surface area contributed by atoms with Crippen molar-refractivity contribution in [3.63, 3.8) is 0 Å². The topological polar surface area (TPSA) is 61.3 Å². The van der Waals surface area contributed by atoms with Crippen LogP contribution >= 0.6 is 0 Å². The maximum atomic E-state index is 13.2. The van der Waals surface area contributed by atoms with E-state index in [1.807, 2.05) is 6.92 Å². The third kappa shape index (κ3) is 2.68. The van der Waals surface area contributed by atoms with Gasteiger partial charge in [-0.15, -0.1) is 0 Å². The first-order valence-electron chi connectivity index (χ1n) is 5.80. The second-order valence-corrected chi connectivity index (χ2v) is 3.83. The van der Waals surface area contributed by atoms with Gasteiger partial charge in [-0.25, -0.2) is 4.39 Å². The maximum Gasteiger partial charge on any atom is 0.230 e. The molecule has 2 rings (SSSR count). The van der Waals surface area contributed by atoms with Crippen molar-refractivity contribution >= 4 is 5.88 Å². The number of aromatic nitrogens is 1. The van der Waals surface area contributed by atoms with Crippen LogP contribution in [0.25, 0.3) is 11.1 Å². The molecule has 18 heavy (non-hydrogen) atoms. The van der Waals surface area contributed by atoms with Crippen LogP contribution in [0.15, 0.2) is 28.8 Å². The predicted octanol–water partition coefficient (Wildman–Crippen LogP) is 2.64. The molecule has 2 aromatic rings. The van der Waals surface area contributed by atoms with Gasteiger partial charge >= 0.3 is 0 Å². The normalized spacial score (nSPS) is 10.8. The van der Waals surface area contributed by atoms with Gasteiger partial charge in [0.25, 0.3) is 0 Å². The Labute approximate surface area is 105 Å². The molecule has 0 amide bonds. The highest BCUT2D eigenvalue weighted by Crippen LogP contribution is 2.30. The Hall–Kier alpha value is -1.88. The number of nitrogens with two attached hydrogens (primary N) is 1. The van der Waals surface area contributed by atoms with Crippen molar-refractivity contribution in [1.29, 1.82) is 0 Å². The van der Waals surface area contributed by atoms with Gasteiger partial charge in [-0.05, 0) is 24.6 Å². The molecule has 0 unspecified atom stereocenters. The van der Waals surface area contributed by atoms with Crippen molar-refractivity contribution in [3.8, 4) is 11.1 Å². The van der Waals surface area contributed by atoms with E-state index < -0.39 is 0 Å². The monoisotopic (exact) mass is 250 g/mol. The van der Waals surface area contributed by atoms with E-state index in [4.69, 9.17) is 15.0 Å². The van der Waals surface area contributed by atoms with Crippen molar-refractivity contribution in [2.45, 2.75) is 13.3 Å². The highest BCUT2D eigenvalue weighted by molar-refractivity contribution is 5.75. The van der Waals surface area contributed by atoms with Gasteiger partial charge in [-0.3, -0.25) is 0 Å². The fourth-order valence-electron chi connectivity index (χ4n) is 1.77. The number of hydrogen-bond donors (Lipinski definition) is 1. The zero-order valence-corrected chi connectivity index (χ0v) is 10.1. The summed E-state index contributed by atoms with van der Waals surface area (Å²) >= 11 is 0. The third-order valence-electron chi connectivity index (χ3n) is 2.59. The molecule has 0 atom stereocenters. The molecule has 0 saturated carbocycles. The lowest BCUT2D eigenvalue weighted by Crippen LogP contribution is -2.00. The van der Waals surface area contributed by atoms with Gasteiger partial charge in [0.2, 0.25) is 5.88 Å². The van der Waals surface area contributed by atoms with E-state index in [-0.39, 0.29) is 11.7 Å². The molecule has 0 aliphatic rings. The molecule has 0 aliphatic heterocycles. The Morgan fingerprint density at radius 1 is 1.44 bits per heavy atom. The SMILES string of the molecule is CCOCCc1noc(N)c1-c1cccc(F)c1. The molecule has 0 fully saturated rings. The lowest BCUT2D eigenvalue weighted by Gasteiger charge is -2.03. The van der Waals surface area contributed by atoms with Crippen molar-refractivity contribution in [1.82, 2.24) is 5.16 Å². The fourth-order valence-corrected chi connectivity index (χ4v) is 1.77. The van der Waals surface area contributed by atoms with Crippen LogP contribution in [0.2, 0.25) is 0 Å². The van der Waals surface area contributed by atoms with Crippen molar-refractivity contribution in [2.24, 2.45) is 0 Å². The summed E-state index contributed by atoms with van der Waals surface area (Å²) in [5, 5.41) is 3.89. The molecular weight excluding hydrogens is 235 g/mol. The quantitative estimate of drug-likeness (QED) is 0.829. The van der Waals surface area contributed by atoms with Crippen LogP contribution in [-0.4, -0.2) is 18.4 Å². The second-order valence-electron chi connectivity index (χ2n) is 3.83. The lowest BCUT2D eigenvalue weighted by molar-refractivity contribution is 0.149. The number of nitrogen functional groups attached to an aromatic ring is 1. The van der Waals surface area contributed by atoms with Gasteiger partial charge in [-0.2, -0.15) is 0 Å². The predicted molar refractivity (Wildman–Crippen MR) is 66.5 cm³/mol. The van der Waals surface area contributed by atoms with Gasteiger partial charge in [0.1, 0.15) is 5.82 Å². The summed E-state index contributed by atoms with van der Waals surface area (Å²) in [6, 6.07) is 6.19. The standard InChI is InChI=1S/C13H15FN2O2/c1-2-17-7-6-11-12(13(15)18-16-11)9-4-3-5-10(14)8-9/h3-5,8H,2,6-7,15H2,1H3. The molecule has 4 nitrogen and oxygen atoms in total. The average molecular weight is 250 g/mol. The maximum absolute atomic E-state index is 13.2. The van der Waals surface area contributed by atoms with Crippen LogP contribution in [-0.2, 0) is 11.2 Å². The van der Waals surface area contributed by atoms with Crippen molar-refractivity contribution in [2.75, 3.05) is 18.9 Å². The van der Waals surface area contributed by atoms with Crippen LogP contribution in [0.1, 0.15) is 12.6 Å². The van der Waals surface area contributed by atoms with E-state index in [1.54, 1.807) is 12.1 Å². The second kappa shape index (κ2) is 5.64. The Kier molecular flexibility index (Phi) is 3.94. The summed E-state index contributed by atoms with van der Waals surface area (Å²) in [7, 11) is 0. The van der Waals surface area contributed by atoms with Gasteiger partial charge in [0.15, 0.2) is 0 Å². The average Bonchev–Trinajstić information content (AvgIpc) is 2.71. The third-order valence-corrected chi connectivity index (χ3v) is 2.59. The molecule has 0 spiro atoms. The van der Waals surface area contributed by atoms with Gasteiger partial charge in [0.05, 0.1) is 17.9 Å². The van der Waals surface area contributed by atoms with Crippen LogP contribution in [0, 0.1) is 5.82 Å². The minimum Gasteiger partial charge on any atom is -0.381 e. The number of rotatable bonds is 5. The number of benzene rings is 1. The number of ether oxygens (including phenoxy) is 1. The van der Waals surface area contributed by atoms with Crippen molar-refractivity contribution < 1.29 is 13.7 Å². The molecule has 0 aliphatic carbocycles. The molecule has 0 saturated heterocycles. The van der Waals surface area contributed by atoms with E-state index >= 15 is 0 Å². The first kappa shape index (κ1) is 12.6. The fraction of sp³-hybridized carbons (Fsp3) is 0.308. The number of nitrogens with zero attached hydrogens (tertiary/aromatic N) is 1. The lowest BCUT2D eigenvalue weighted by atomic mass is 10.0. The molecule has 1 aromatic carbocycles. The van der Waals surface area contributed by atoms with E-state index in [1.165, 1.54) is 12.1 Å². The number of halogens is 1. The van der Waals surface area contributed by atoms with Gasteiger partial charge in [0, 0.05) is 13.0 Å².